The standard InChI is InChI=1S/C27H21Cl3N2O5S/c1-14-4-6-17(11-19(14)28)31-27-32(18-7-5-15(2)20(29)12-18)26(35)23(38-27)10-16-8-21(30)25(22(9-16)36-3)37-13-24(33)34/h4-12H,13H2,1-3H3,(H,33,34)/b23-10+,31-27?. The van der Waals surface area contributed by atoms with Crippen LogP contribution in [0.25, 0.3) is 6.08 Å². The van der Waals surface area contributed by atoms with Crippen LogP contribution < -0.4 is 14.4 Å². The molecule has 0 aromatic heterocycles. The van der Waals surface area contributed by atoms with E-state index in [0.29, 0.717) is 37.1 Å². The number of carbonyl (C=O) groups is 2. The first-order valence-corrected chi connectivity index (χ1v) is 13.1. The molecule has 0 unspecified atom stereocenters. The summed E-state index contributed by atoms with van der Waals surface area (Å²) in [7, 11) is 1.41. The Labute approximate surface area is 238 Å². The highest BCUT2D eigenvalue weighted by Crippen LogP contribution is 2.41. The molecule has 0 atom stereocenters. The van der Waals surface area contributed by atoms with Crippen molar-refractivity contribution in [2.45, 2.75) is 13.8 Å². The topological polar surface area (TPSA) is 88.4 Å². The number of aliphatic carboxylic acids is 1. The van der Waals surface area contributed by atoms with Crippen molar-refractivity contribution in [1.82, 2.24) is 0 Å². The number of halogens is 3. The van der Waals surface area contributed by atoms with Crippen molar-refractivity contribution in [3.63, 3.8) is 0 Å². The molecule has 0 aliphatic carbocycles. The van der Waals surface area contributed by atoms with Gasteiger partial charge < -0.3 is 14.6 Å². The number of hydrogen-bond donors (Lipinski definition) is 1. The molecule has 1 N–H and O–H groups in total. The molecule has 0 bridgehead atoms. The number of anilines is 1. The van der Waals surface area contributed by atoms with Gasteiger partial charge in [0.2, 0.25) is 0 Å². The first kappa shape index (κ1) is 27.9. The number of amides is 1. The molecule has 3 aromatic rings. The highest BCUT2D eigenvalue weighted by atomic mass is 35.5. The van der Waals surface area contributed by atoms with Crippen molar-refractivity contribution in [3.8, 4) is 11.5 Å². The van der Waals surface area contributed by atoms with Gasteiger partial charge in [0.1, 0.15) is 0 Å². The quantitative estimate of drug-likeness (QED) is 0.286. The van der Waals surface area contributed by atoms with E-state index in [2.05, 4.69) is 0 Å². The van der Waals surface area contributed by atoms with Crippen LogP contribution in [0.4, 0.5) is 11.4 Å². The van der Waals surface area contributed by atoms with Crippen molar-refractivity contribution in [3.05, 3.63) is 85.2 Å². The number of amidine groups is 1. The van der Waals surface area contributed by atoms with Crippen LogP contribution in [0.2, 0.25) is 15.1 Å². The number of carbonyl (C=O) groups excluding carboxylic acids is 1. The molecule has 196 valence electrons. The molecule has 7 nitrogen and oxygen atoms in total. The number of nitrogens with zero attached hydrogens (tertiary/aromatic N) is 2. The molecular formula is C27H21Cl3N2O5S. The molecule has 1 aliphatic rings. The molecule has 0 saturated carbocycles. The van der Waals surface area contributed by atoms with Crippen LogP contribution in [0.5, 0.6) is 11.5 Å². The van der Waals surface area contributed by atoms with Crippen LogP contribution in [-0.4, -0.2) is 35.9 Å². The highest BCUT2D eigenvalue weighted by Gasteiger charge is 2.35. The lowest BCUT2D eigenvalue weighted by Gasteiger charge is -2.16. The van der Waals surface area contributed by atoms with E-state index in [1.807, 2.05) is 32.0 Å². The van der Waals surface area contributed by atoms with Gasteiger partial charge in [0.05, 0.1) is 28.4 Å². The summed E-state index contributed by atoms with van der Waals surface area (Å²) in [6.45, 7) is 3.19. The van der Waals surface area contributed by atoms with E-state index >= 15 is 0 Å². The monoisotopic (exact) mass is 590 g/mol. The van der Waals surface area contributed by atoms with E-state index in [9.17, 15) is 9.59 Å². The lowest BCUT2D eigenvalue weighted by atomic mass is 10.1. The van der Waals surface area contributed by atoms with Gasteiger partial charge in [0.15, 0.2) is 23.3 Å². The van der Waals surface area contributed by atoms with Gasteiger partial charge in [-0.2, -0.15) is 0 Å². The fourth-order valence-electron chi connectivity index (χ4n) is 3.51. The number of methoxy groups -OCH3 is 1. The highest BCUT2D eigenvalue weighted by molar-refractivity contribution is 8.19. The Bertz CT molecular complexity index is 1510. The zero-order valence-electron chi connectivity index (χ0n) is 20.4. The van der Waals surface area contributed by atoms with Gasteiger partial charge in [-0.25, -0.2) is 9.79 Å². The Morgan fingerprint density at radius 2 is 1.71 bits per heavy atom. The third-order valence-electron chi connectivity index (χ3n) is 5.49. The van der Waals surface area contributed by atoms with E-state index in [-0.39, 0.29) is 22.4 Å². The molecule has 0 spiro atoms. The Kier molecular flexibility index (Phi) is 8.57. The summed E-state index contributed by atoms with van der Waals surface area (Å²) in [5.41, 5.74) is 3.49. The lowest BCUT2D eigenvalue weighted by Crippen LogP contribution is -2.28. The summed E-state index contributed by atoms with van der Waals surface area (Å²) in [5, 5.41) is 10.6. The molecule has 1 heterocycles. The number of carboxylic acids is 1. The van der Waals surface area contributed by atoms with Crippen LogP contribution in [-0.2, 0) is 9.59 Å². The van der Waals surface area contributed by atoms with Crippen molar-refractivity contribution in [1.29, 1.82) is 0 Å². The average molecular weight is 592 g/mol. The maximum atomic E-state index is 13.6. The minimum atomic E-state index is -1.15. The first-order valence-electron chi connectivity index (χ1n) is 11.1. The van der Waals surface area contributed by atoms with Gasteiger partial charge in [-0.15, -0.1) is 0 Å². The van der Waals surface area contributed by atoms with E-state index < -0.39 is 12.6 Å². The molecule has 1 amide bonds. The summed E-state index contributed by atoms with van der Waals surface area (Å²) >= 11 is 20.2. The van der Waals surface area contributed by atoms with E-state index in [1.165, 1.54) is 23.8 Å². The number of hydrogen-bond acceptors (Lipinski definition) is 6. The number of aryl methyl sites for hydroxylation is 2. The molecule has 3 aromatic carbocycles. The zero-order chi connectivity index (χ0) is 27.6. The number of thioether (sulfide) groups is 1. The molecular weight excluding hydrogens is 571 g/mol. The zero-order valence-corrected chi connectivity index (χ0v) is 23.5. The van der Waals surface area contributed by atoms with Gasteiger partial charge in [-0.3, -0.25) is 9.69 Å². The van der Waals surface area contributed by atoms with E-state index in [1.54, 1.807) is 36.4 Å². The third-order valence-corrected chi connectivity index (χ3v) is 7.55. The van der Waals surface area contributed by atoms with Gasteiger partial charge in [0.25, 0.3) is 5.91 Å². The van der Waals surface area contributed by atoms with Gasteiger partial charge >= 0.3 is 5.97 Å². The van der Waals surface area contributed by atoms with Crippen LogP contribution in [0, 0.1) is 13.8 Å². The molecule has 4 rings (SSSR count). The minimum absolute atomic E-state index is 0.0959. The molecule has 1 aliphatic heterocycles. The second-order valence-corrected chi connectivity index (χ2v) is 10.5. The maximum Gasteiger partial charge on any atom is 0.341 e. The average Bonchev–Trinajstić information content (AvgIpc) is 3.16. The second-order valence-electron chi connectivity index (χ2n) is 8.23. The molecule has 11 heteroatoms. The van der Waals surface area contributed by atoms with Crippen molar-refractivity contribution in [2.75, 3.05) is 18.6 Å². The van der Waals surface area contributed by atoms with Gasteiger partial charge in [-0.05, 0) is 84.8 Å². The molecule has 38 heavy (non-hydrogen) atoms. The van der Waals surface area contributed by atoms with Crippen LogP contribution >= 0.6 is 46.6 Å². The van der Waals surface area contributed by atoms with E-state index in [0.717, 1.165) is 11.1 Å². The Hall–Kier alpha value is -3.17. The summed E-state index contributed by atoms with van der Waals surface area (Å²) in [6.07, 6.45) is 1.65. The smallest absolute Gasteiger partial charge is 0.341 e. The number of aliphatic imine (C=N–C) groups is 1. The molecule has 0 radical (unpaired) electrons. The lowest BCUT2D eigenvalue weighted by molar-refractivity contribution is -0.139. The van der Waals surface area contributed by atoms with Crippen LogP contribution in [0.15, 0.2) is 58.4 Å². The first-order chi connectivity index (χ1) is 18.1. The number of rotatable bonds is 7. The minimum Gasteiger partial charge on any atom is -0.493 e. The van der Waals surface area contributed by atoms with Gasteiger partial charge in [-0.1, -0.05) is 46.9 Å². The second kappa shape index (κ2) is 11.7. The number of carboxylic acid groups (broad SMARTS) is 1. The number of benzene rings is 3. The predicted molar refractivity (Wildman–Crippen MR) is 154 cm³/mol. The number of ether oxygens (including phenoxy) is 2. The summed E-state index contributed by atoms with van der Waals surface area (Å²) in [6, 6.07) is 13.9. The van der Waals surface area contributed by atoms with Crippen molar-refractivity contribution < 1.29 is 24.2 Å². The largest absolute Gasteiger partial charge is 0.493 e. The summed E-state index contributed by atoms with van der Waals surface area (Å²) < 4.78 is 10.6. The molecule has 1 saturated heterocycles. The van der Waals surface area contributed by atoms with Gasteiger partial charge in [0, 0.05) is 10.0 Å². The SMILES string of the molecule is COc1cc(/C=C2/SC(=Nc3ccc(C)c(Cl)c3)N(c3ccc(C)c(Cl)c3)C2=O)cc(Cl)c1OCC(=O)O. The third kappa shape index (κ3) is 6.10. The maximum absolute atomic E-state index is 13.6. The van der Waals surface area contributed by atoms with Crippen molar-refractivity contribution >= 4 is 81.1 Å². The summed E-state index contributed by atoms with van der Waals surface area (Å²) in [5.74, 6) is -1.14. The van der Waals surface area contributed by atoms with Crippen LogP contribution in [0.1, 0.15) is 16.7 Å². The molecule has 1 fully saturated rings. The van der Waals surface area contributed by atoms with E-state index in [4.69, 9.17) is 54.4 Å². The summed E-state index contributed by atoms with van der Waals surface area (Å²) in [4.78, 5) is 31.1. The fraction of sp³-hybridized carbons (Fsp3) is 0.148. The Morgan fingerprint density at radius 3 is 2.34 bits per heavy atom. The van der Waals surface area contributed by atoms with Crippen LogP contribution in [0.3, 0.4) is 0 Å². The Morgan fingerprint density at radius 1 is 1.03 bits per heavy atom. The predicted octanol–water partition coefficient (Wildman–Crippen LogP) is 7.54. The fourth-order valence-corrected chi connectivity index (χ4v) is 5.13. The van der Waals surface area contributed by atoms with Crippen molar-refractivity contribution in [2.24, 2.45) is 4.99 Å². The normalized spacial score (nSPS) is 15.4. The Balaban J connectivity index is 1.77.